The number of rotatable bonds is 5. The lowest BCUT2D eigenvalue weighted by Crippen LogP contribution is -2.56. The molecule has 1 aromatic rings. The van der Waals surface area contributed by atoms with Crippen LogP contribution in [0.15, 0.2) is 18.2 Å². The molecule has 2 N–H and O–H groups in total. The zero-order valence-corrected chi connectivity index (χ0v) is 13.6. The molecule has 1 saturated carbocycles. The zero-order chi connectivity index (χ0) is 16.6. The minimum atomic E-state index is -1.11. The van der Waals surface area contributed by atoms with Crippen LogP contribution in [0.1, 0.15) is 31.2 Å². The van der Waals surface area contributed by atoms with Gasteiger partial charge in [0.05, 0.1) is 6.10 Å². The summed E-state index contributed by atoms with van der Waals surface area (Å²) in [5.41, 5.74) is -0.395. The number of aliphatic hydroxyl groups is 1. The lowest BCUT2D eigenvalue weighted by Gasteiger charge is -2.43. The summed E-state index contributed by atoms with van der Waals surface area (Å²) in [5.74, 6) is -0.921. The second-order valence-electron chi connectivity index (χ2n) is 6.90. The van der Waals surface area contributed by atoms with E-state index in [0.29, 0.717) is 36.9 Å². The summed E-state index contributed by atoms with van der Waals surface area (Å²) in [5, 5.41) is 20.4. The minimum Gasteiger partial charge on any atom is -0.481 e. The maximum Gasteiger partial charge on any atom is 0.313 e. The average molecular weight is 342 g/mol. The highest BCUT2D eigenvalue weighted by molar-refractivity contribution is 6.30. The third-order valence-corrected chi connectivity index (χ3v) is 5.18. The molecular weight excluding hydrogens is 321 g/mol. The van der Waals surface area contributed by atoms with Gasteiger partial charge in [0.2, 0.25) is 0 Å². The molecule has 3 rings (SSSR count). The molecule has 4 nitrogen and oxygen atoms in total. The summed E-state index contributed by atoms with van der Waals surface area (Å²) in [7, 11) is 0. The van der Waals surface area contributed by atoms with Gasteiger partial charge in [-0.2, -0.15) is 0 Å². The van der Waals surface area contributed by atoms with Crippen LogP contribution in [0.5, 0.6) is 0 Å². The Kier molecular flexibility index (Phi) is 4.63. The maximum atomic E-state index is 13.5. The van der Waals surface area contributed by atoms with Crippen molar-refractivity contribution in [2.75, 3.05) is 13.1 Å². The largest absolute Gasteiger partial charge is 0.481 e. The van der Waals surface area contributed by atoms with Gasteiger partial charge in [-0.1, -0.05) is 24.4 Å². The second-order valence-corrected chi connectivity index (χ2v) is 7.34. The minimum absolute atomic E-state index is 0.286. The maximum absolute atomic E-state index is 13.5. The summed E-state index contributed by atoms with van der Waals surface area (Å²) in [6.45, 7) is 1.31. The highest BCUT2D eigenvalue weighted by atomic mass is 35.5. The van der Waals surface area contributed by atoms with Gasteiger partial charge in [0.15, 0.2) is 0 Å². The van der Waals surface area contributed by atoms with Gasteiger partial charge in [-0.15, -0.1) is 0 Å². The molecule has 2 aliphatic rings. The van der Waals surface area contributed by atoms with Crippen molar-refractivity contribution in [2.24, 2.45) is 11.3 Å². The molecule has 126 valence electrons. The molecule has 6 heteroatoms. The predicted octanol–water partition coefficient (Wildman–Crippen LogP) is 2.92. The fraction of sp³-hybridized carbons (Fsp3) is 0.588. The van der Waals surface area contributed by atoms with Crippen LogP contribution in [0.3, 0.4) is 0 Å². The van der Waals surface area contributed by atoms with Crippen LogP contribution < -0.4 is 0 Å². The Morgan fingerprint density at radius 2 is 2.09 bits per heavy atom. The van der Waals surface area contributed by atoms with Gasteiger partial charge >= 0.3 is 5.97 Å². The lowest BCUT2D eigenvalue weighted by atomic mass is 9.73. The highest BCUT2D eigenvalue weighted by Gasteiger charge is 2.51. The van der Waals surface area contributed by atoms with E-state index < -0.39 is 23.3 Å². The standard InChI is InChI=1S/C17H21ClFNO3/c18-13-5-12(6-14(19)7-13)9-20-4-3-15(21)17(10-20,16(22)23)8-11-1-2-11/h5-7,11,15,21H,1-4,8-10H2,(H,22,23)/t15-,17+/m0/s1. The Hall–Kier alpha value is -1.17. The molecule has 0 aromatic heterocycles. The number of nitrogens with zero attached hydrogens (tertiary/aromatic N) is 1. The number of aliphatic hydroxyl groups excluding tert-OH is 1. The fourth-order valence-corrected chi connectivity index (χ4v) is 3.84. The van der Waals surface area contributed by atoms with Crippen LogP contribution in [-0.4, -0.2) is 40.3 Å². The summed E-state index contributed by atoms with van der Waals surface area (Å²) in [4.78, 5) is 13.9. The zero-order valence-electron chi connectivity index (χ0n) is 12.8. The molecule has 1 aliphatic carbocycles. The van der Waals surface area contributed by atoms with Crippen molar-refractivity contribution in [3.05, 3.63) is 34.6 Å². The van der Waals surface area contributed by atoms with E-state index in [1.807, 2.05) is 4.90 Å². The van der Waals surface area contributed by atoms with E-state index in [2.05, 4.69) is 0 Å². The van der Waals surface area contributed by atoms with Crippen molar-refractivity contribution in [1.29, 1.82) is 0 Å². The number of halogens is 2. The van der Waals surface area contributed by atoms with Gasteiger partial charge < -0.3 is 10.2 Å². The molecule has 2 fully saturated rings. The molecule has 0 amide bonds. The molecule has 23 heavy (non-hydrogen) atoms. The van der Waals surface area contributed by atoms with Crippen molar-refractivity contribution in [3.63, 3.8) is 0 Å². The van der Waals surface area contributed by atoms with E-state index in [-0.39, 0.29) is 6.54 Å². The van der Waals surface area contributed by atoms with Gasteiger partial charge in [0, 0.05) is 24.7 Å². The number of aliphatic carboxylic acids is 1. The lowest BCUT2D eigenvalue weighted by molar-refractivity contribution is -0.165. The Morgan fingerprint density at radius 3 is 2.70 bits per heavy atom. The number of benzene rings is 1. The van der Waals surface area contributed by atoms with Crippen LogP contribution in [0.4, 0.5) is 4.39 Å². The van der Waals surface area contributed by atoms with E-state index in [1.54, 1.807) is 6.07 Å². The molecule has 1 saturated heterocycles. The van der Waals surface area contributed by atoms with E-state index in [4.69, 9.17) is 11.6 Å². The number of likely N-dealkylation sites (tertiary alicyclic amines) is 1. The van der Waals surface area contributed by atoms with E-state index in [1.165, 1.54) is 12.1 Å². The molecular formula is C17H21ClFNO3. The number of piperidine rings is 1. The summed E-state index contributed by atoms with van der Waals surface area (Å²) >= 11 is 5.88. The van der Waals surface area contributed by atoms with Crippen LogP contribution in [0.25, 0.3) is 0 Å². The monoisotopic (exact) mass is 341 g/mol. The number of hydrogen-bond acceptors (Lipinski definition) is 3. The summed E-state index contributed by atoms with van der Waals surface area (Å²) in [6.07, 6.45) is 2.20. The van der Waals surface area contributed by atoms with Crippen molar-refractivity contribution in [2.45, 2.75) is 38.3 Å². The van der Waals surface area contributed by atoms with Crippen molar-refractivity contribution in [1.82, 2.24) is 4.90 Å². The molecule has 2 atom stereocenters. The van der Waals surface area contributed by atoms with Crippen molar-refractivity contribution < 1.29 is 19.4 Å². The predicted molar refractivity (Wildman–Crippen MR) is 84.7 cm³/mol. The number of carbonyl (C=O) groups is 1. The van der Waals surface area contributed by atoms with E-state index >= 15 is 0 Å². The van der Waals surface area contributed by atoms with Crippen LogP contribution in [0, 0.1) is 17.2 Å². The molecule has 1 aliphatic heterocycles. The first-order valence-electron chi connectivity index (χ1n) is 7.98. The van der Waals surface area contributed by atoms with Gasteiger partial charge in [0.1, 0.15) is 11.2 Å². The SMILES string of the molecule is O=C(O)[C@]1(CC2CC2)CN(Cc2cc(F)cc(Cl)c2)CC[C@@H]1O. The first-order chi connectivity index (χ1) is 10.9. The molecule has 0 spiro atoms. The normalized spacial score (nSPS) is 28.7. The Balaban J connectivity index is 1.77. The van der Waals surface area contributed by atoms with Gasteiger partial charge in [-0.3, -0.25) is 9.69 Å². The summed E-state index contributed by atoms with van der Waals surface area (Å²) in [6, 6.07) is 4.36. The van der Waals surface area contributed by atoms with E-state index in [0.717, 1.165) is 18.4 Å². The number of carboxylic acid groups (broad SMARTS) is 1. The van der Waals surface area contributed by atoms with Crippen molar-refractivity contribution in [3.8, 4) is 0 Å². The third kappa shape index (κ3) is 3.67. The average Bonchev–Trinajstić information content (AvgIpc) is 3.25. The Bertz CT molecular complexity index is 587. The summed E-state index contributed by atoms with van der Waals surface area (Å²) < 4.78 is 13.5. The molecule has 0 unspecified atom stereocenters. The number of hydrogen-bond donors (Lipinski definition) is 2. The Labute approximate surface area is 139 Å². The molecule has 0 radical (unpaired) electrons. The number of carboxylic acids is 1. The molecule has 1 aromatic carbocycles. The van der Waals surface area contributed by atoms with Gasteiger partial charge in [-0.25, -0.2) is 4.39 Å². The van der Waals surface area contributed by atoms with E-state index in [9.17, 15) is 19.4 Å². The first kappa shape index (κ1) is 16.7. The van der Waals surface area contributed by atoms with Gasteiger partial charge in [0.25, 0.3) is 0 Å². The highest BCUT2D eigenvalue weighted by Crippen LogP contribution is 2.45. The van der Waals surface area contributed by atoms with Crippen LogP contribution in [-0.2, 0) is 11.3 Å². The molecule has 1 heterocycles. The topological polar surface area (TPSA) is 60.8 Å². The second kappa shape index (κ2) is 6.38. The Morgan fingerprint density at radius 1 is 1.35 bits per heavy atom. The quantitative estimate of drug-likeness (QED) is 0.864. The van der Waals surface area contributed by atoms with Crippen LogP contribution >= 0.6 is 11.6 Å². The van der Waals surface area contributed by atoms with Gasteiger partial charge in [-0.05, 0) is 42.5 Å². The fourth-order valence-electron chi connectivity index (χ4n) is 3.60. The first-order valence-corrected chi connectivity index (χ1v) is 8.35. The smallest absolute Gasteiger partial charge is 0.313 e. The molecule has 0 bridgehead atoms. The van der Waals surface area contributed by atoms with Crippen LogP contribution in [0.2, 0.25) is 5.02 Å². The third-order valence-electron chi connectivity index (χ3n) is 4.97. The van der Waals surface area contributed by atoms with Crippen molar-refractivity contribution >= 4 is 17.6 Å².